The Hall–Kier alpha value is -3.34. The number of methoxy groups -OCH3 is 2. The quantitative estimate of drug-likeness (QED) is 0.333. The van der Waals surface area contributed by atoms with Gasteiger partial charge in [0.2, 0.25) is 0 Å². The van der Waals surface area contributed by atoms with Gasteiger partial charge in [-0.3, -0.25) is 4.79 Å². The molecule has 25 heavy (non-hydrogen) atoms. The van der Waals surface area contributed by atoms with Crippen LogP contribution < -0.4 is 14.2 Å². The highest BCUT2D eigenvalue weighted by atomic mass is 16.5. The fourth-order valence-corrected chi connectivity index (χ4v) is 2.07. The third kappa shape index (κ3) is 4.81. The molecule has 0 atom stereocenters. The van der Waals surface area contributed by atoms with Crippen LogP contribution in [-0.2, 0) is 4.79 Å². The van der Waals surface area contributed by atoms with Crippen molar-refractivity contribution in [2.75, 3.05) is 14.2 Å². The van der Waals surface area contributed by atoms with E-state index < -0.39 is 5.97 Å². The molecular weight excluding hydrogens is 320 g/mol. The molecule has 2 aromatic rings. The first-order valence-corrected chi connectivity index (χ1v) is 7.46. The lowest BCUT2D eigenvalue weighted by Gasteiger charge is -2.07. The third-order valence-electron chi connectivity index (χ3n) is 3.36. The Labute approximate surface area is 146 Å². The van der Waals surface area contributed by atoms with Crippen molar-refractivity contribution in [3.05, 3.63) is 72.3 Å². The van der Waals surface area contributed by atoms with Crippen LogP contribution in [-0.4, -0.2) is 26.0 Å². The molecule has 0 aromatic heterocycles. The van der Waals surface area contributed by atoms with Gasteiger partial charge in [-0.2, -0.15) is 0 Å². The summed E-state index contributed by atoms with van der Waals surface area (Å²) in [6, 6.07) is 11.7. The molecule has 2 rings (SSSR count). The number of ketones is 1. The van der Waals surface area contributed by atoms with E-state index in [4.69, 9.17) is 14.2 Å². The Morgan fingerprint density at radius 3 is 2.24 bits per heavy atom. The van der Waals surface area contributed by atoms with Crippen molar-refractivity contribution in [1.82, 2.24) is 0 Å². The molecule has 0 aliphatic rings. The zero-order valence-electron chi connectivity index (χ0n) is 14.0. The number of ether oxygens (including phenoxy) is 3. The van der Waals surface area contributed by atoms with E-state index in [1.54, 1.807) is 56.7 Å². The Balaban J connectivity index is 2.09. The standard InChI is InChI=1S/C20H18O5/c1-4-20(22)25-16-9-7-15(8-10-16)17(21)11-5-14-6-12-18(23-2)19(13-14)24-3/h4-13H,1H2,2-3H3/b11-5+. The van der Waals surface area contributed by atoms with Gasteiger partial charge in [0.1, 0.15) is 5.75 Å². The molecule has 0 heterocycles. The molecule has 2 aromatic carbocycles. The minimum absolute atomic E-state index is 0.170. The monoisotopic (exact) mass is 338 g/mol. The number of hydrogen-bond donors (Lipinski definition) is 0. The van der Waals surface area contributed by atoms with E-state index in [-0.39, 0.29) is 5.78 Å². The van der Waals surface area contributed by atoms with Crippen molar-refractivity contribution in [1.29, 1.82) is 0 Å². The maximum absolute atomic E-state index is 12.2. The van der Waals surface area contributed by atoms with Gasteiger partial charge < -0.3 is 14.2 Å². The van der Waals surface area contributed by atoms with Crippen molar-refractivity contribution in [2.24, 2.45) is 0 Å². The van der Waals surface area contributed by atoms with Crippen molar-refractivity contribution >= 4 is 17.8 Å². The molecule has 0 radical (unpaired) electrons. The lowest BCUT2D eigenvalue weighted by molar-refractivity contribution is -0.128. The SMILES string of the molecule is C=CC(=O)Oc1ccc(C(=O)/C=C/c2ccc(OC)c(OC)c2)cc1. The Bertz CT molecular complexity index is 803. The normalized spacial score (nSPS) is 10.3. The first-order valence-electron chi connectivity index (χ1n) is 7.46. The number of esters is 1. The lowest BCUT2D eigenvalue weighted by atomic mass is 10.1. The van der Waals surface area contributed by atoms with Gasteiger partial charge in [-0.25, -0.2) is 4.79 Å². The van der Waals surface area contributed by atoms with E-state index in [2.05, 4.69) is 6.58 Å². The van der Waals surface area contributed by atoms with Crippen LogP contribution >= 0.6 is 0 Å². The van der Waals surface area contributed by atoms with Crippen LogP contribution in [0, 0.1) is 0 Å². The average molecular weight is 338 g/mol. The average Bonchev–Trinajstić information content (AvgIpc) is 2.66. The topological polar surface area (TPSA) is 61.8 Å². The molecule has 0 unspecified atom stereocenters. The summed E-state index contributed by atoms with van der Waals surface area (Å²) in [5.74, 6) is 0.843. The van der Waals surface area contributed by atoms with Crippen molar-refractivity contribution in [3.63, 3.8) is 0 Å². The highest BCUT2D eigenvalue weighted by Crippen LogP contribution is 2.28. The number of carbonyl (C=O) groups excluding carboxylic acids is 2. The molecule has 0 spiro atoms. The van der Waals surface area contributed by atoms with Crippen LogP contribution in [0.1, 0.15) is 15.9 Å². The van der Waals surface area contributed by atoms with Crippen LogP contribution in [0.3, 0.4) is 0 Å². The maximum Gasteiger partial charge on any atom is 0.335 e. The lowest BCUT2D eigenvalue weighted by Crippen LogP contribution is -2.03. The molecule has 5 heteroatoms. The van der Waals surface area contributed by atoms with Gasteiger partial charge in [-0.05, 0) is 48.0 Å². The molecule has 0 amide bonds. The van der Waals surface area contributed by atoms with Crippen LogP contribution in [0.25, 0.3) is 6.08 Å². The molecular formula is C20H18O5. The van der Waals surface area contributed by atoms with Crippen LogP contribution in [0.4, 0.5) is 0 Å². The largest absolute Gasteiger partial charge is 0.493 e. The van der Waals surface area contributed by atoms with Gasteiger partial charge in [0.05, 0.1) is 14.2 Å². The third-order valence-corrected chi connectivity index (χ3v) is 3.36. The number of benzene rings is 2. The first-order chi connectivity index (χ1) is 12.1. The highest BCUT2D eigenvalue weighted by molar-refractivity contribution is 6.06. The van der Waals surface area contributed by atoms with Crippen LogP contribution in [0.5, 0.6) is 17.2 Å². The van der Waals surface area contributed by atoms with Gasteiger partial charge in [0.15, 0.2) is 17.3 Å². The van der Waals surface area contributed by atoms with Crippen molar-refractivity contribution in [3.8, 4) is 17.2 Å². The Morgan fingerprint density at radius 2 is 1.64 bits per heavy atom. The number of allylic oxidation sites excluding steroid dienone is 1. The summed E-state index contributed by atoms with van der Waals surface area (Å²) in [6.07, 6.45) is 4.23. The minimum Gasteiger partial charge on any atom is -0.493 e. The summed E-state index contributed by atoms with van der Waals surface area (Å²) < 4.78 is 15.4. The molecule has 0 saturated carbocycles. The molecule has 5 nitrogen and oxygen atoms in total. The molecule has 128 valence electrons. The van der Waals surface area contributed by atoms with Gasteiger partial charge in [-0.15, -0.1) is 0 Å². The first kappa shape index (κ1) is 18.0. The Morgan fingerprint density at radius 1 is 0.960 bits per heavy atom. The van der Waals surface area contributed by atoms with Crippen molar-refractivity contribution in [2.45, 2.75) is 0 Å². The summed E-state index contributed by atoms with van der Waals surface area (Å²) in [4.78, 5) is 23.3. The fourth-order valence-electron chi connectivity index (χ4n) is 2.07. The van der Waals surface area contributed by atoms with Gasteiger partial charge in [0.25, 0.3) is 0 Å². The molecule has 0 aliphatic carbocycles. The second-order valence-corrected chi connectivity index (χ2v) is 4.96. The predicted molar refractivity (Wildman–Crippen MR) is 95.2 cm³/mol. The van der Waals surface area contributed by atoms with E-state index in [1.165, 1.54) is 6.08 Å². The molecule has 0 aliphatic heterocycles. The second-order valence-electron chi connectivity index (χ2n) is 4.96. The zero-order valence-corrected chi connectivity index (χ0v) is 14.0. The summed E-state index contributed by atoms with van der Waals surface area (Å²) in [5.41, 5.74) is 1.29. The van der Waals surface area contributed by atoms with Gasteiger partial charge in [0, 0.05) is 11.6 Å². The van der Waals surface area contributed by atoms with E-state index in [9.17, 15) is 9.59 Å². The molecule has 0 bridgehead atoms. The summed E-state index contributed by atoms with van der Waals surface area (Å²) in [7, 11) is 3.12. The van der Waals surface area contributed by atoms with Crippen molar-refractivity contribution < 1.29 is 23.8 Å². The second kappa shape index (κ2) is 8.49. The Kier molecular flexibility index (Phi) is 6.12. The summed E-state index contributed by atoms with van der Waals surface area (Å²) in [5, 5.41) is 0. The van der Waals surface area contributed by atoms with Gasteiger partial charge >= 0.3 is 5.97 Å². The predicted octanol–water partition coefficient (Wildman–Crippen LogP) is 3.69. The zero-order chi connectivity index (χ0) is 18.2. The van der Waals surface area contributed by atoms with E-state index in [0.29, 0.717) is 22.8 Å². The smallest absolute Gasteiger partial charge is 0.335 e. The van der Waals surface area contributed by atoms with Crippen LogP contribution in [0.15, 0.2) is 61.2 Å². The molecule has 0 saturated heterocycles. The van der Waals surface area contributed by atoms with E-state index >= 15 is 0 Å². The maximum atomic E-state index is 12.2. The molecule has 0 N–H and O–H groups in total. The number of rotatable bonds is 7. The number of carbonyl (C=O) groups is 2. The highest BCUT2D eigenvalue weighted by Gasteiger charge is 2.06. The van der Waals surface area contributed by atoms with Crippen LogP contribution in [0.2, 0.25) is 0 Å². The minimum atomic E-state index is -0.549. The van der Waals surface area contributed by atoms with Gasteiger partial charge in [-0.1, -0.05) is 18.7 Å². The van der Waals surface area contributed by atoms with E-state index in [1.807, 2.05) is 6.07 Å². The molecule has 0 fully saturated rings. The number of hydrogen-bond acceptors (Lipinski definition) is 5. The summed E-state index contributed by atoms with van der Waals surface area (Å²) >= 11 is 0. The van der Waals surface area contributed by atoms with E-state index in [0.717, 1.165) is 11.6 Å². The fraction of sp³-hybridized carbons (Fsp3) is 0.100. The summed E-state index contributed by atoms with van der Waals surface area (Å²) in [6.45, 7) is 3.32.